The summed E-state index contributed by atoms with van der Waals surface area (Å²) in [6, 6.07) is 8.50. The molecule has 1 saturated heterocycles. The van der Waals surface area contributed by atoms with E-state index in [1.165, 1.54) is 17.7 Å². The summed E-state index contributed by atoms with van der Waals surface area (Å²) in [4.78, 5) is 16.8. The van der Waals surface area contributed by atoms with Crippen molar-refractivity contribution in [3.05, 3.63) is 68.4 Å². The Kier molecular flexibility index (Phi) is 7.31. The third-order valence-corrected chi connectivity index (χ3v) is 8.66. The van der Waals surface area contributed by atoms with Crippen LogP contribution in [0, 0.1) is 12.7 Å². The maximum atomic E-state index is 14.6. The number of aryl methyl sites for hydroxylation is 1. The fourth-order valence-electron chi connectivity index (χ4n) is 3.94. The van der Waals surface area contributed by atoms with Gasteiger partial charge < -0.3 is 0 Å². The van der Waals surface area contributed by atoms with E-state index in [4.69, 9.17) is 23.2 Å². The molecule has 1 N–H and O–H groups in total. The molecule has 0 bridgehead atoms. The van der Waals surface area contributed by atoms with Gasteiger partial charge >= 0.3 is 0 Å². The Balaban J connectivity index is 1.34. The van der Waals surface area contributed by atoms with Crippen molar-refractivity contribution in [3.8, 4) is 0 Å². The molecule has 4 rings (SSSR count). The highest BCUT2D eigenvalue weighted by Crippen LogP contribution is 2.28. The molecule has 0 unspecified atom stereocenters. The maximum absolute atomic E-state index is 14.6. The smallest absolute Gasteiger partial charge is 0.267 e. The molecule has 1 saturated carbocycles. The van der Waals surface area contributed by atoms with Crippen LogP contribution in [0.5, 0.6) is 0 Å². The number of carbonyl (C=O) groups is 1. The van der Waals surface area contributed by atoms with Crippen LogP contribution in [-0.2, 0) is 23.1 Å². The van der Waals surface area contributed by atoms with Crippen molar-refractivity contribution in [2.24, 2.45) is 0 Å². The summed E-state index contributed by atoms with van der Waals surface area (Å²) in [5, 5.41) is 0.437. The van der Waals surface area contributed by atoms with Crippen molar-refractivity contribution >= 4 is 39.1 Å². The van der Waals surface area contributed by atoms with E-state index in [9.17, 15) is 17.6 Å². The van der Waals surface area contributed by atoms with Crippen LogP contribution in [0.25, 0.3) is 0 Å². The van der Waals surface area contributed by atoms with Crippen LogP contribution in [0.1, 0.15) is 39.9 Å². The minimum Gasteiger partial charge on any atom is -0.297 e. The van der Waals surface area contributed by atoms with Gasteiger partial charge in [0.25, 0.3) is 5.91 Å². The summed E-state index contributed by atoms with van der Waals surface area (Å²) < 4.78 is 40.5. The van der Waals surface area contributed by atoms with Crippen molar-refractivity contribution in [2.45, 2.75) is 38.1 Å². The predicted molar refractivity (Wildman–Crippen MR) is 128 cm³/mol. The molecule has 33 heavy (non-hydrogen) atoms. The van der Waals surface area contributed by atoms with Gasteiger partial charge in [0.05, 0.1) is 10.8 Å². The molecule has 1 aliphatic carbocycles. The highest BCUT2D eigenvalue weighted by molar-refractivity contribution is 7.91. The van der Waals surface area contributed by atoms with Crippen LogP contribution in [0.15, 0.2) is 30.3 Å². The summed E-state index contributed by atoms with van der Waals surface area (Å²) >= 11 is 12.4. The largest absolute Gasteiger partial charge is 0.297 e. The Hall–Kier alpha value is -1.71. The summed E-state index contributed by atoms with van der Waals surface area (Å²) in [7, 11) is -3.76. The van der Waals surface area contributed by atoms with Gasteiger partial charge in [0.15, 0.2) is 0 Å². The van der Waals surface area contributed by atoms with Crippen LogP contribution >= 0.6 is 23.2 Å². The van der Waals surface area contributed by atoms with E-state index in [0.717, 1.165) is 43.3 Å². The highest BCUT2D eigenvalue weighted by atomic mass is 35.5. The number of hydrogen-bond acceptors (Lipinski definition) is 5. The molecule has 178 valence electrons. The molecule has 2 aliphatic rings. The molecule has 0 spiro atoms. The lowest BCUT2D eigenvalue weighted by Gasteiger charge is -2.35. The molecule has 2 aromatic rings. The van der Waals surface area contributed by atoms with Crippen molar-refractivity contribution < 1.29 is 17.6 Å². The zero-order valence-electron chi connectivity index (χ0n) is 18.3. The molecular weight excluding hydrogens is 488 g/mol. The number of nitrogens with zero attached hydrogens (tertiary/aromatic N) is 2. The number of rotatable bonds is 7. The van der Waals surface area contributed by atoms with E-state index in [1.807, 2.05) is 23.8 Å². The van der Waals surface area contributed by atoms with E-state index in [-0.39, 0.29) is 10.6 Å². The first kappa shape index (κ1) is 24.4. The SMILES string of the molecule is Cc1cc(CN2CCN(Cc3cc(F)c(C(=O)NS(=O)(=O)C4CC4)cc3Cl)CC2)ccc1Cl. The van der Waals surface area contributed by atoms with Crippen LogP contribution in [-0.4, -0.2) is 55.6 Å². The molecule has 1 amide bonds. The fourth-order valence-corrected chi connectivity index (χ4v) is 5.57. The molecule has 6 nitrogen and oxygen atoms in total. The zero-order chi connectivity index (χ0) is 23.8. The van der Waals surface area contributed by atoms with Gasteiger partial charge in [-0.25, -0.2) is 17.5 Å². The highest BCUT2D eigenvalue weighted by Gasteiger charge is 2.37. The number of halogens is 3. The molecule has 2 aromatic carbocycles. The standard InChI is InChI=1S/C23H26Cl2FN3O3S/c1-15-10-16(2-5-20(15)24)13-28-6-8-29(9-7-28)14-17-11-22(26)19(12-21(17)25)23(30)27-33(31,32)18-3-4-18/h2,5,10-12,18H,3-4,6-9,13-14H2,1H3,(H,27,30). The Morgan fingerprint density at radius 1 is 1.03 bits per heavy atom. The average molecular weight is 514 g/mol. The second kappa shape index (κ2) is 9.88. The Labute approximate surface area is 203 Å². The summed E-state index contributed by atoms with van der Waals surface area (Å²) in [5.74, 6) is -1.77. The fraction of sp³-hybridized carbons (Fsp3) is 0.435. The Morgan fingerprint density at radius 2 is 1.67 bits per heavy atom. The lowest BCUT2D eigenvalue weighted by Crippen LogP contribution is -2.45. The normalized spacial score (nSPS) is 17.8. The first-order valence-corrected chi connectivity index (χ1v) is 13.2. The van der Waals surface area contributed by atoms with Crippen LogP contribution in [0.4, 0.5) is 4.39 Å². The molecule has 10 heteroatoms. The van der Waals surface area contributed by atoms with Gasteiger partial charge in [-0.2, -0.15) is 0 Å². The molecule has 1 heterocycles. The van der Waals surface area contributed by atoms with Crippen molar-refractivity contribution in [2.75, 3.05) is 26.2 Å². The van der Waals surface area contributed by atoms with E-state index < -0.39 is 27.0 Å². The maximum Gasteiger partial charge on any atom is 0.267 e. The van der Waals surface area contributed by atoms with Gasteiger partial charge in [-0.05, 0) is 54.7 Å². The van der Waals surface area contributed by atoms with Crippen LogP contribution < -0.4 is 4.72 Å². The Morgan fingerprint density at radius 3 is 2.27 bits per heavy atom. The second-order valence-corrected chi connectivity index (χ2v) is 11.5. The average Bonchev–Trinajstić information content (AvgIpc) is 3.60. The molecule has 0 aromatic heterocycles. The van der Waals surface area contributed by atoms with Gasteiger partial charge in [0.2, 0.25) is 10.0 Å². The minimum atomic E-state index is -3.76. The first-order valence-electron chi connectivity index (χ1n) is 10.9. The second-order valence-electron chi connectivity index (χ2n) is 8.73. The van der Waals surface area contributed by atoms with Gasteiger partial charge in [-0.1, -0.05) is 35.3 Å². The van der Waals surface area contributed by atoms with E-state index in [0.29, 0.717) is 24.9 Å². The lowest BCUT2D eigenvalue weighted by atomic mass is 10.1. The van der Waals surface area contributed by atoms with Crippen molar-refractivity contribution in [1.29, 1.82) is 0 Å². The van der Waals surface area contributed by atoms with Crippen LogP contribution in [0.3, 0.4) is 0 Å². The third-order valence-electron chi connectivity index (χ3n) is 6.07. The first-order chi connectivity index (χ1) is 15.6. The quantitative estimate of drug-likeness (QED) is 0.606. The zero-order valence-corrected chi connectivity index (χ0v) is 20.6. The van der Waals surface area contributed by atoms with Gasteiger partial charge in [0, 0.05) is 49.3 Å². The summed E-state index contributed by atoms with van der Waals surface area (Å²) in [6.07, 6.45) is 1.02. The Bertz CT molecular complexity index is 1160. The summed E-state index contributed by atoms with van der Waals surface area (Å²) in [5.41, 5.74) is 2.48. The molecule has 0 atom stereocenters. The number of carbonyl (C=O) groups excluding carboxylic acids is 1. The number of piperazine rings is 1. The third kappa shape index (κ3) is 6.05. The molecule has 0 radical (unpaired) electrons. The lowest BCUT2D eigenvalue weighted by molar-refractivity contribution is 0.0977. The van der Waals surface area contributed by atoms with Crippen molar-refractivity contribution in [3.63, 3.8) is 0 Å². The van der Waals surface area contributed by atoms with Gasteiger partial charge in [0.1, 0.15) is 5.82 Å². The van der Waals surface area contributed by atoms with Gasteiger partial charge in [-0.3, -0.25) is 14.6 Å². The van der Waals surface area contributed by atoms with Gasteiger partial charge in [-0.15, -0.1) is 0 Å². The molecule has 2 fully saturated rings. The molecule has 1 aliphatic heterocycles. The van der Waals surface area contributed by atoms with E-state index in [2.05, 4.69) is 15.9 Å². The number of hydrogen-bond donors (Lipinski definition) is 1. The summed E-state index contributed by atoms with van der Waals surface area (Å²) in [6.45, 7) is 6.61. The molecular formula is C23H26Cl2FN3O3S. The number of benzene rings is 2. The monoisotopic (exact) mass is 513 g/mol. The predicted octanol–water partition coefficient (Wildman–Crippen LogP) is 3.98. The number of sulfonamides is 1. The van der Waals surface area contributed by atoms with Crippen molar-refractivity contribution in [1.82, 2.24) is 14.5 Å². The topological polar surface area (TPSA) is 69.7 Å². The van der Waals surface area contributed by atoms with E-state index >= 15 is 0 Å². The number of nitrogens with one attached hydrogen (secondary N) is 1. The van der Waals surface area contributed by atoms with Crippen LogP contribution in [0.2, 0.25) is 10.0 Å². The number of amides is 1. The van der Waals surface area contributed by atoms with E-state index in [1.54, 1.807) is 0 Å². The minimum absolute atomic E-state index is 0.240.